The van der Waals surface area contributed by atoms with Crippen LogP contribution >= 0.6 is 0 Å². The van der Waals surface area contributed by atoms with E-state index in [9.17, 15) is 0 Å². The van der Waals surface area contributed by atoms with Gasteiger partial charge in [0.1, 0.15) is 0 Å². The molecule has 0 nitrogen and oxygen atoms in total. The van der Waals surface area contributed by atoms with Crippen molar-refractivity contribution >= 4 is 0 Å². The monoisotopic (exact) mass is 426 g/mol. The molecule has 6 unspecified atom stereocenters. The van der Waals surface area contributed by atoms with Gasteiger partial charge in [0.05, 0.1) is 0 Å². The van der Waals surface area contributed by atoms with Gasteiger partial charge in [0.2, 0.25) is 0 Å². The third kappa shape index (κ3) is 5.24. The highest BCUT2D eigenvalue weighted by molar-refractivity contribution is 5.00. The second kappa shape index (κ2) is 10.1. The summed E-state index contributed by atoms with van der Waals surface area (Å²) in [6.07, 6.45) is 31.3. The molecule has 0 radical (unpaired) electrons. The molecule has 0 spiro atoms. The minimum atomic E-state index is 0.615. The first-order chi connectivity index (χ1) is 15.1. The Balaban J connectivity index is 1.42. The molecule has 0 heterocycles. The van der Waals surface area contributed by atoms with Crippen LogP contribution in [0.15, 0.2) is 0 Å². The summed E-state index contributed by atoms with van der Waals surface area (Å²) in [6, 6.07) is 0. The van der Waals surface area contributed by atoms with Gasteiger partial charge in [0.15, 0.2) is 0 Å². The first kappa shape index (κ1) is 22.8. The molecule has 0 aliphatic heterocycles. The van der Waals surface area contributed by atoms with E-state index in [1.807, 2.05) is 0 Å². The molecular formula is C31H54. The maximum Gasteiger partial charge on any atom is -0.0324 e. The van der Waals surface area contributed by atoms with Crippen LogP contribution in [0.5, 0.6) is 0 Å². The lowest BCUT2D eigenvalue weighted by Gasteiger charge is -2.49. The van der Waals surface area contributed by atoms with Crippen molar-refractivity contribution in [3.8, 4) is 0 Å². The molecule has 0 saturated heterocycles. The zero-order valence-corrected chi connectivity index (χ0v) is 21.3. The Morgan fingerprint density at radius 1 is 0.581 bits per heavy atom. The predicted octanol–water partition coefficient (Wildman–Crippen LogP) is 9.81. The molecule has 0 aromatic rings. The Morgan fingerprint density at radius 2 is 1.23 bits per heavy atom. The van der Waals surface area contributed by atoms with Gasteiger partial charge in [-0.1, -0.05) is 104 Å². The normalized spacial score (nSPS) is 42.4. The van der Waals surface area contributed by atoms with Gasteiger partial charge in [-0.3, -0.25) is 0 Å². The van der Waals surface area contributed by atoms with Crippen LogP contribution in [-0.4, -0.2) is 0 Å². The summed E-state index contributed by atoms with van der Waals surface area (Å²) in [5.74, 6) is 8.77. The number of fused-ring (bicyclic) bond motifs is 2. The fraction of sp³-hybridized carbons (Fsp3) is 1.00. The fourth-order valence-corrected chi connectivity index (χ4v) is 10.1. The molecule has 5 aliphatic carbocycles. The third-order valence-electron chi connectivity index (χ3n) is 11.5. The Morgan fingerprint density at radius 3 is 2.00 bits per heavy atom. The van der Waals surface area contributed by atoms with Crippen molar-refractivity contribution in [1.29, 1.82) is 0 Å². The van der Waals surface area contributed by atoms with Crippen LogP contribution in [0.3, 0.4) is 0 Å². The molecule has 0 aromatic heterocycles. The van der Waals surface area contributed by atoms with E-state index in [0.717, 1.165) is 47.3 Å². The van der Waals surface area contributed by atoms with Gasteiger partial charge in [0.25, 0.3) is 0 Å². The van der Waals surface area contributed by atoms with Crippen LogP contribution < -0.4 is 0 Å². The van der Waals surface area contributed by atoms with Crippen molar-refractivity contribution in [1.82, 2.24) is 0 Å². The third-order valence-corrected chi connectivity index (χ3v) is 11.5. The zero-order valence-electron chi connectivity index (χ0n) is 21.3. The molecule has 0 aromatic carbocycles. The van der Waals surface area contributed by atoms with E-state index in [4.69, 9.17) is 0 Å². The summed E-state index contributed by atoms with van der Waals surface area (Å²) in [4.78, 5) is 0. The lowest BCUT2D eigenvalue weighted by atomic mass is 9.57. The first-order valence-corrected chi connectivity index (χ1v) is 15.1. The van der Waals surface area contributed by atoms with Crippen molar-refractivity contribution < 1.29 is 0 Å². The summed E-state index contributed by atoms with van der Waals surface area (Å²) in [7, 11) is 0. The molecular weight excluding hydrogens is 372 g/mol. The number of hydrogen-bond donors (Lipinski definition) is 0. The average Bonchev–Trinajstić information content (AvgIpc) is 2.92. The van der Waals surface area contributed by atoms with E-state index >= 15 is 0 Å². The van der Waals surface area contributed by atoms with E-state index in [-0.39, 0.29) is 0 Å². The smallest absolute Gasteiger partial charge is 0.0324 e. The van der Waals surface area contributed by atoms with Crippen LogP contribution in [0.25, 0.3) is 0 Å². The van der Waals surface area contributed by atoms with Gasteiger partial charge in [-0.25, -0.2) is 0 Å². The fourth-order valence-electron chi connectivity index (χ4n) is 10.1. The second-order valence-electron chi connectivity index (χ2n) is 14.0. The number of rotatable bonds is 4. The largest absolute Gasteiger partial charge is 0.0599 e. The standard InChI is InChI=1S/C31H54/c1-31(2)20-19-28-26(22-31)21-25-15-9-10-16-27(25)29(18-17-23-11-5-3-6-12-23)30(28)24-13-7-4-8-14-24/h23-30H,3-22H2,1-2H3. The maximum absolute atomic E-state index is 2.60. The lowest BCUT2D eigenvalue weighted by Crippen LogP contribution is -2.40. The van der Waals surface area contributed by atoms with E-state index in [0.29, 0.717) is 5.41 Å². The van der Waals surface area contributed by atoms with Gasteiger partial charge in [0, 0.05) is 0 Å². The van der Waals surface area contributed by atoms with Crippen molar-refractivity contribution in [2.45, 2.75) is 142 Å². The molecule has 5 fully saturated rings. The molecule has 5 saturated carbocycles. The minimum Gasteiger partial charge on any atom is -0.0599 e. The quantitative estimate of drug-likeness (QED) is 0.419. The number of hydrogen-bond acceptors (Lipinski definition) is 0. The van der Waals surface area contributed by atoms with Crippen LogP contribution in [0.2, 0.25) is 0 Å². The van der Waals surface area contributed by atoms with Crippen LogP contribution in [-0.2, 0) is 0 Å². The predicted molar refractivity (Wildman–Crippen MR) is 134 cm³/mol. The lowest BCUT2D eigenvalue weighted by molar-refractivity contribution is 0.00860. The van der Waals surface area contributed by atoms with Crippen molar-refractivity contribution in [3.63, 3.8) is 0 Å². The Labute approximate surface area is 195 Å². The van der Waals surface area contributed by atoms with Gasteiger partial charge in [-0.05, 0) is 91.3 Å². The van der Waals surface area contributed by atoms with E-state index in [2.05, 4.69) is 13.8 Å². The molecule has 31 heavy (non-hydrogen) atoms. The topological polar surface area (TPSA) is 0 Å². The highest BCUT2D eigenvalue weighted by atomic mass is 14.6. The van der Waals surface area contributed by atoms with Gasteiger partial charge in [-0.15, -0.1) is 0 Å². The van der Waals surface area contributed by atoms with E-state index < -0.39 is 0 Å². The molecule has 5 aliphatic rings. The van der Waals surface area contributed by atoms with Crippen LogP contribution in [0.1, 0.15) is 142 Å². The van der Waals surface area contributed by atoms with Gasteiger partial charge < -0.3 is 0 Å². The van der Waals surface area contributed by atoms with Gasteiger partial charge >= 0.3 is 0 Å². The summed E-state index contributed by atoms with van der Waals surface area (Å²) in [5.41, 5.74) is 0.615. The highest BCUT2D eigenvalue weighted by Crippen LogP contribution is 2.59. The maximum atomic E-state index is 2.60. The van der Waals surface area contributed by atoms with Crippen molar-refractivity contribution in [2.24, 2.45) is 52.8 Å². The van der Waals surface area contributed by atoms with Crippen molar-refractivity contribution in [3.05, 3.63) is 0 Å². The molecule has 0 bridgehead atoms. The summed E-state index contributed by atoms with van der Waals surface area (Å²) < 4.78 is 0. The Bertz CT molecular complexity index is 548. The van der Waals surface area contributed by atoms with Crippen molar-refractivity contribution in [2.75, 3.05) is 0 Å². The van der Waals surface area contributed by atoms with Gasteiger partial charge in [-0.2, -0.15) is 0 Å². The highest BCUT2D eigenvalue weighted by Gasteiger charge is 2.50. The first-order valence-electron chi connectivity index (χ1n) is 15.1. The SMILES string of the molecule is CC1(C)CCC2C(CC3CCCCC3C(CCC3CCCCC3)C2C2CCCCC2)C1. The zero-order chi connectivity index (χ0) is 21.3. The summed E-state index contributed by atoms with van der Waals surface area (Å²) in [6.45, 7) is 5.20. The Kier molecular flexibility index (Phi) is 7.41. The van der Waals surface area contributed by atoms with Crippen LogP contribution in [0, 0.1) is 52.8 Å². The minimum absolute atomic E-state index is 0.615. The average molecular weight is 427 g/mol. The van der Waals surface area contributed by atoms with E-state index in [1.54, 1.807) is 96.3 Å². The van der Waals surface area contributed by atoms with E-state index in [1.165, 1.54) is 32.1 Å². The summed E-state index contributed by atoms with van der Waals surface area (Å²) >= 11 is 0. The molecule has 0 N–H and O–H groups in total. The molecule has 178 valence electrons. The molecule has 0 heteroatoms. The molecule has 6 atom stereocenters. The summed E-state index contributed by atoms with van der Waals surface area (Å²) in [5, 5.41) is 0. The second-order valence-corrected chi connectivity index (χ2v) is 14.0. The molecule has 0 amide bonds. The Hall–Kier alpha value is 0. The molecule has 5 rings (SSSR count). The van der Waals surface area contributed by atoms with Crippen LogP contribution in [0.4, 0.5) is 0 Å².